The summed E-state index contributed by atoms with van der Waals surface area (Å²) in [6.45, 7) is 7.94. The van der Waals surface area contributed by atoms with Crippen LogP contribution in [0.25, 0.3) is 0 Å². The zero-order valence-electron chi connectivity index (χ0n) is 12.6. The highest BCUT2D eigenvalue weighted by atomic mass is 16.8. The molecule has 0 N–H and O–H groups in total. The van der Waals surface area contributed by atoms with Crippen LogP contribution in [0, 0.1) is 5.41 Å². The van der Waals surface area contributed by atoms with Crippen molar-refractivity contribution < 1.29 is 14.3 Å². The quantitative estimate of drug-likeness (QED) is 0.621. The first-order valence-electron chi connectivity index (χ1n) is 6.96. The van der Waals surface area contributed by atoms with Crippen LogP contribution in [0.1, 0.15) is 39.7 Å². The van der Waals surface area contributed by atoms with Gasteiger partial charge in [0.1, 0.15) is 0 Å². The van der Waals surface area contributed by atoms with E-state index < -0.39 is 11.9 Å². The molecule has 1 aromatic carbocycles. The van der Waals surface area contributed by atoms with E-state index in [1.165, 1.54) is 0 Å². The van der Waals surface area contributed by atoms with Gasteiger partial charge < -0.3 is 9.47 Å². The second kappa shape index (κ2) is 5.41. The highest BCUT2D eigenvalue weighted by Crippen LogP contribution is 2.43. The van der Waals surface area contributed by atoms with Crippen LogP contribution in [0.2, 0.25) is 0 Å². The molecule has 20 heavy (non-hydrogen) atoms. The van der Waals surface area contributed by atoms with Crippen molar-refractivity contribution in [2.75, 3.05) is 0 Å². The fourth-order valence-electron chi connectivity index (χ4n) is 2.23. The largest absolute Gasteiger partial charge is 0.433 e. The minimum atomic E-state index is -1.02. The number of allylic oxidation sites excluding steroid dienone is 1. The Morgan fingerprint density at radius 2 is 1.90 bits per heavy atom. The number of hydrogen-bond donors (Lipinski definition) is 0. The van der Waals surface area contributed by atoms with Gasteiger partial charge in [-0.25, -0.2) is 4.79 Å². The maximum Gasteiger partial charge on any atom is 0.345 e. The van der Waals surface area contributed by atoms with E-state index in [0.717, 1.165) is 5.56 Å². The average Bonchev–Trinajstić information content (AvgIpc) is 2.76. The smallest absolute Gasteiger partial charge is 0.345 e. The molecule has 0 amide bonds. The lowest BCUT2D eigenvalue weighted by Gasteiger charge is -2.28. The fraction of sp³-hybridized carbons (Fsp3) is 0.471. The van der Waals surface area contributed by atoms with Crippen molar-refractivity contribution in [1.29, 1.82) is 0 Å². The van der Waals surface area contributed by atoms with E-state index in [-0.39, 0.29) is 11.4 Å². The van der Waals surface area contributed by atoms with E-state index in [1.807, 2.05) is 70.2 Å². The van der Waals surface area contributed by atoms with E-state index >= 15 is 0 Å². The molecule has 0 aliphatic carbocycles. The summed E-state index contributed by atoms with van der Waals surface area (Å²) in [4.78, 5) is 12.5. The van der Waals surface area contributed by atoms with Gasteiger partial charge in [-0.3, -0.25) is 0 Å². The lowest BCUT2D eigenvalue weighted by molar-refractivity contribution is -0.156. The summed E-state index contributed by atoms with van der Waals surface area (Å²) in [5, 5.41) is 0. The second-order valence-corrected chi connectivity index (χ2v) is 6.19. The Bertz CT molecular complexity index is 499. The van der Waals surface area contributed by atoms with Gasteiger partial charge >= 0.3 is 5.97 Å². The third-order valence-electron chi connectivity index (χ3n) is 3.44. The molecule has 0 spiro atoms. The summed E-state index contributed by atoms with van der Waals surface area (Å²) < 4.78 is 11.6. The van der Waals surface area contributed by atoms with Crippen LogP contribution in [-0.2, 0) is 19.9 Å². The number of cyclic esters (lactones) is 1. The minimum Gasteiger partial charge on any atom is -0.433 e. The first-order valence-corrected chi connectivity index (χ1v) is 6.96. The predicted octanol–water partition coefficient (Wildman–Crippen LogP) is 3.79. The van der Waals surface area contributed by atoms with Crippen molar-refractivity contribution in [1.82, 2.24) is 0 Å². The number of esters is 1. The number of carbonyl (C=O) groups excluding carboxylic acids is 1. The highest BCUT2D eigenvalue weighted by Gasteiger charge is 2.53. The third kappa shape index (κ3) is 2.63. The van der Waals surface area contributed by atoms with Gasteiger partial charge in [-0.05, 0) is 12.5 Å². The zero-order chi connectivity index (χ0) is 14.8. The number of hydrogen-bond acceptors (Lipinski definition) is 3. The van der Waals surface area contributed by atoms with Gasteiger partial charge in [0.05, 0.1) is 0 Å². The van der Waals surface area contributed by atoms with Crippen LogP contribution in [0.15, 0.2) is 42.5 Å². The van der Waals surface area contributed by atoms with Crippen molar-refractivity contribution in [2.24, 2.45) is 5.41 Å². The molecule has 2 unspecified atom stereocenters. The molecule has 2 atom stereocenters. The highest BCUT2D eigenvalue weighted by molar-refractivity contribution is 5.83. The van der Waals surface area contributed by atoms with Crippen LogP contribution in [0.5, 0.6) is 0 Å². The van der Waals surface area contributed by atoms with Gasteiger partial charge in [0.25, 0.3) is 0 Å². The number of ether oxygens (including phenoxy) is 2. The van der Waals surface area contributed by atoms with Gasteiger partial charge in [0.2, 0.25) is 6.29 Å². The van der Waals surface area contributed by atoms with Crippen molar-refractivity contribution in [3.63, 3.8) is 0 Å². The average molecular weight is 274 g/mol. The number of carbonyl (C=O) groups is 1. The lowest BCUT2D eigenvalue weighted by Crippen LogP contribution is -2.34. The molecule has 108 valence electrons. The maximum absolute atomic E-state index is 12.5. The molecule has 1 heterocycles. The van der Waals surface area contributed by atoms with Crippen LogP contribution in [0.4, 0.5) is 0 Å². The van der Waals surface area contributed by atoms with Crippen LogP contribution >= 0.6 is 0 Å². The molecular weight excluding hydrogens is 252 g/mol. The monoisotopic (exact) mass is 274 g/mol. The predicted molar refractivity (Wildman–Crippen MR) is 78.0 cm³/mol. The summed E-state index contributed by atoms with van der Waals surface area (Å²) in [5.41, 5.74) is -0.428. The molecule has 0 bridgehead atoms. The first kappa shape index (κ1) is 14.8. The van der Waals surface area contributed by atoms with Crippen LogP contribution in [-0.4, -0.2) is 12.3 Å². The second-order valence-electron chi connectivity index (χ2n) is 6.19. The van der Waals surface area contributed by atoms with Crippen molar-refractivity contribution >= 4 is 5.97 Å². The fourth-order valence-corrected chi connectivity index (χ4v) is 2.23. The SMILES string of the molecule is C/C=C/CC1(c2ccccc2)OC(C(C)(C)C)OC1=O. The molecular formula is C17H22O3. The Morgan fingerprint density at radius 3 is 2.40 bits per heavy atom. The summed E-state index contributed by atoms with van der Waals surface area (Å²) in [6, 6.07) is 9.57. The number of benzene rings is 1. The third-order valence-corrected chi connectivity index (χ3v) is 3.44. The molecule has 1 aromatic rings. The molecule has 0 aromatic heterocycles. The molecule has 3 heteroatoms. The van der Waals surface area contributed by atoms with Gasteiger partial charge in [-0.15, -0.1) is 0 Å². The summed E-state index contributed by atoms with van der Waals surface area (Å²) in [5.74, 6) is -0.304. The van der Waals surface area contributed by atoms with E-state index in [2.05, 4.69) is 0 Å². The minimum absolute atomic E-state index is 0.248. The van der Waals surface area contributed by atoms with Gasteiger partial charge in [-0.2, -0.15) is 0 Å². The summed E-state index contributed by atoms with van der Waals surface area (Å²) in [7, 11) is 0. The summed E-state index contributed by atoms with van der Waals surface area (Å²) in [6.07, 6.45) is 3.82. The molecule has 1 fully saturated rings. The molecule has 3 nitrogen and oxygen atoms in total. The lowest BCUT2D eigenvalue weighted by atomic mass is 9.90. The van der Waals surface area contributed by atoms with Gasteiger partial charge in [0.15, 0.2) is 5.60 Å². The topological polar surface area (TPSA) is 35.5 Å². The van der Waals surface area contributed by atoms with E-state index in [1.54, 1.807) is 0 Å². The molecule has 1 aliphatic rings. The molecule has 1 aliphatic heterocycles. The van der Waals surface area contributed by atoms with Gasteiger partial charge in [0, 0.05) is 11.8 Å². The van der Waals surface area contributed by atoms with E-state index in [4.69, 9.17) is 9.47 Å². The Kier molecular flexibility index (Phi) is 4.00. The molecule has 1 saturated heterocycles. The van der Waals surface area contributed by atoms with Crippen molar-refractivity contribution in [2.45, 2.75) is 46.0 Å². The van der Waals surface area contributed by atoms with Gasteiger partial charge in [-0.1, -0.05) is 63.3 Å². The molecule has 2 rings (SSSR count). The Hall–Kier alpha value is -1.61. The first-order chi connectivity index (χ1) is 9.40. The van der Waals surface area contributed by atoms with Crippen LogP contribution < -0.4 is 0 Å². The van der Waals surface area contributed by atoms with Crippen molar-refractivity contribution in [3.05, 3.63) is 48.0 Å². The van der Waals surface area contributed by atoms with E-state index in [0.29, 0.717) is 6.42 Å². The Morgan fingerprint density at radius 1 is 1.25 bits per heavy atom. The Labute approximate surface area is 120 Å². The van der Waals surface area contributed by atoms with Crippen molar-refractivity contribution in [3.8, 4) is 0 Å². The molecule has 0 saturated carbocycles. The van der Waals surface area contributed by atoms with E-state index in [9.17, 15) is 4.79 Å². The number of rotatable bonds is 3. The normalized spacial score (nSPS) is 27.0. The zero-order valence-corrected chi connectivity index (χ0v) is 12.6. The molecule has 0 radical (unpaired) electrons. The standard InChI is InChI=1S/C17H22O3/c1-5-6-12-17(13-10-8-7-9-11-13)14(18)19-15(20-17)16(2,3)4/h5-11,15H,12H2,1-4H3/b6-5+. The van der Waals surface area contributed by atoms with Crippen LogP contribution in [0.3, 0.4) is 0 Å². The maximum atomic E-state index is 12.5. The summed E-state index contributed by atoms with van der Waals surface area (Å²) >= 11 is 0. The Balaban J connectivity index is 2.41.